The van der Waals surface area contributed by atoms with Crippen LogP contribution in [0.15, 0.2) is 6.20 Å². The topological polar surface area (TPSA) is 50.3 Å². The molecule has 0 aromatic carbocycles. The first-order valence-electron chi connectivity index (χ1n) is 5.34. The summed E-state index contributed by atoms with van der Waals surface area (Å²) in [6, 6.07) is 0. The minimum absolute atomic E-state index is 0.280. The number of rotatable bonds is 2. The molecule has 6 heteroatoms. The third-order valence-corrected chi connectivity index (χ3v) is 5.19. The Labute approximate surface area is 100 Å². The number of nitrogens with zero attached hydrogens (tertiary/aromatic N) is 2. The maximum absolute atomic E-state index is 11.5. The van der Waals surface area contributed by atoms with Crippen molar-refractivity contribution in [1.82, 2.24) is 9.29 Å². The number of hydrogen-bond acceptors (Lipinski definition) is 4. The van der Waals surface area contributed by atoms with Crippen molar-refractivity contribution in [3.05, 3.63) is 16.1 Å². The van der Waals surface area contributed by atoms with Gasteiger partial charge in [0.2, 0.25) is 10.0 Å². The summed E-state index contributed by atoms with van der Waals surface area (Å²) in [7, 11) is -3.05. The fraction of sp³-hybridized carbons (Fsp3) is 0.700. The second kappa shape index (κ2) is 4.43. The number of hydrogen-bond donors (Lipinski definition) is 0. The van der Waals surface area contributed by atoms with Gasteiger partial charge < -0.3 is 0 Å². The van der Waals surface area contributed by atoms with Crippen LogP contribution in [0.1, 0.15) is 28.6 Å². The van der Waals surface area contributed by atoms with Crippen molar-refractivity contribution < 1.29 is 8.42 Å². The molecule has 1 aliphatic rings. The minimum atomic E-state index is -3.05. The van der Waals surface area contributed by atoms with Gasteiger partial charge in [-0.15, -0.1) is 11.3 Å². The van der Waals surface area contributed by atoms with Crippen LogP contribution in [-0.2, 0) is 10.0 Å². The molecule has 2 rings (SSSR count). The van der Waals surface area contributed by atoms with Crippen molar-refractivity contribution in [3.8, 4) is 0 Å². The maximum atomic E-state index is 11.5. The first kappa shape index (κ1) is 12.0. The van der Waals surface area contributed by atoms with Crippen molar-refractivity contribution >= 4 is 21.4 Å². The molecule has 1 fully saturated rings. The molecule has 1 saturated heterocycles. The van der Waals surface area contributed by atoms with E-state index in [0.29, 0.717) is 13.1 Å². The average Bonchev–Trinajstić information content (AvgIpc) is 2.64. The van der Waals surface area contributed by atoms with Gasteiger partial charge in [0.15, 0.2) is 0 Å². The Hall–Kier alpha value is -0.460. The van der Waals surface area contributed by atoms with Crippen LogP contribution in [0.2, 0.25) is 0 Å². The van der Waals surface area contributed by atoms with Crippen LogP contribution in [0.5, 0.6) is 0 Å². The van der Waals surface area contributed by atoms with Crippen molar-refractivity contribution in [2.45, 2.75) is 25.7 Å². The Balaban J connectivity index is 2.13. The van der Waals surface area contributed by atoms with E-state index in [9.17, 15) is 8.42 Å². The number of aromatic nitrogens is 1. The molecule has 0 spiro atoms. The van der Waals surface area contributed by atoms with E-state index in [2.05, 4.69) is 4.98 Å². The molecule has 0 unspecified atom stereocenters. The highest BCUT2D eigenvalue weighted by Crippen LogP contribution is 2.30. The van der Waals surface area contributed by atoms with Gasteiger partial charge in [-0.2, -0.15) is 0 Å². The second-order valence-electron chi connectivity index (χ2n) is 4.27. The van der Waals surface area contributed by atoms with E-state index in [-0.39, 0.29) is 5.92 Å². The van der Waals surface area contributed by atoms with Gasteiger partial charge in [0.25, 0.3) is 0 Å². The quantitative estimate of drug-likeness (QED) is 0.811. The predicted octanol–water partition coefficient (Wildman–Crippen LogP) is 1.59. The van der Waals surface area contributed by atoms with Crippen molar-refractivity contribution in [2.24, 2.45) is 0 Å². The number of aryl methyl sites for hydroxylation is 1. The molecule has 0 saturated carbocycles. The Morgan fingerprint density at radius 1 is 1.56 bits per heavy atom. The van der Waals surface area contributed by atoms with Gasteiger partial charge in [0.05, 0.1) is 11.3 Å². The smallest absolute Gasteiger partial charge is 0.211 e. The third-order valence-electron chi connectivity index (χ3n) is 2.84. The summed E-state index contributed by atoms with van der Waals surface area (Å²) in [6.07, 6.45) is 5.11. The van der Waals surface area contributed by atoms with Crippen molar-refractivity contribution in [1.29, 1.82) is 0 Å². The summed E-state index contributed by atoms with van der Waals surface area (Å²) in [5, 5.41) is 1.07. The van der Waals surface area contributed by atoms with Crippen LogP contribution in [0.4, 0.5) is 0 Å². The average molecular weight is 260 g/mol. The summed E-state index contributed by atoms with van der Waals surface area (Å²) in [6.45, 7) is 3.27. The molecule has 0 aliphatic carbocycles. The van der Waals surface area contributed by atoms with Gasteiger partial charge in [0, 0.05) is 30.1 Å². The van der Waals surface area contributed by atoms with Crippen LogP contribution in [0.25, 0.3) is 0 Å². The number of piperidine rings is 1. The zero-order valence-corrected chi connectivity index (χ0v) is 11.1. The summed E-state index contributed by atoms with van der Waals surface area (Å²) in [5.74, 6) is 0.280. The standard InChI is InChI=1S/C10H16N2O2S2/c1-8-6-11-10(15-8)9-4-3-5-12(7-9)16(2,13)14/h6,9H,3-5,7H2,1-2H3/t9-/m1/s1. The largest absolute Gasteiger partial charge is 0.249 e. The third kappa shape index (κ3) is 2.61. The van der Waals surface area contributed by atoms with Gasteiger partial charge in [-0.3, -0.25) is 0 Å². The number of sulfonamides is 1. The lowest BCUT2D eigenvalue weighted by Crippen LogP contribution is -2.38. The molecule has 1 aromatic heterocycles. The summed E-state index contributed by atoms with van der Waals surface area (Å²) >= 11 is 1.67. The molecule has 0 radical (unpaired) electrons. The van der Waals surface area contributed by atoms with Crippen molar-refractivity contribution in [2.75, 3.05) is 19.3 Å². The Morgan fingerprint density at radius 2 is 2.31 bits per heavy atom. The Kier molecular flexibility index (Phi) is 3.32. The Morgan fingerprint density at radius 3 is 2.88 bits per heavy atom. The second-order valence-corrected chi connectivity index (χ2v) is 7.52. The van der Waals surface area contributed by atoms with Crippen LogP contribution in [0, 0.1) is 6.92 Å². The van der Waals surface area contributed by atoms with E-state index in [4.69, 9.17) is 0 Å². The van der Waals surface area contributed by atoms with E-state index in [0.717, 1.165) is 17.8 Å². The zero-order valence-electron chi connectivity index (χ0n) is 9.51. The monoisotopic (exact) mass is 260 g/mol. The van der Waals surface area contributed by atoms with E-state index in [1.54, 1.807) is 15.6 Å². The van der Waals surface area contributed by atoms with Gasteiger partial charge in [-0.05, 0) is 19.8 Å². The maximum Gasteiger partial charge on any atom is 0.211 e. The normalized spacial score (nSPS) is 23.5. The zero-order chi connectivity index (χ0) is 11.8. The summed E-state index contributed by atoms with van der Waals surface area (Å²) in [5.41, 5.74) is 0. The Bertz CT molecular complexity index is 467. The highest BCUT2D eigenvalue weighted by atomic mass is 32.2. The van der Waals surface area contributed by atoms with E-state index < -0.39 is 10.0 Å². The molecular weight excluding hydrogens is 244 g/mol. The molecule has 4 nitrogen and oxygen atoms in total. The van der Waals surface area contributed by atoms with E-state index in [1.807, 2.05) is 13.1 Å². The highest BCUT2D eigenvalue weighted by Gasteiger charge is 2.28. The molecule has 1 aromatic rings. The molecular formula is C10H16N2O2S2. The van der Waals surface area contributed by atoms with E-state index in [1.165, 1.54) is 11.1 Å². The first-order chi connectivity index (χ1) is 7.47. The molecule has 1 atom stereocenters. The lowest BCUT2D eigenvalue weighted by atomic mass is 10.0. The van der Waals surface area contributed by atoms with Gasteiger partial charge >= 0.3 is 0 Å². The SMILES string of the molecule is Cc1cnc([C@@H]2CCCN(S(C)(=O)=O)C2)s1. The highest BCUT2D eigenvalue weighted by molar-refractivity contribution is 7.88. The summed E-state index contributed by atoms with van der Waals surface area (Å²) in [4.78, 5) is 5.54. The first-order valence-corrected chi connectivity index (χ1v) is 8.01. The van der Waals surface area contributed by atoms with Crippen LogP contribution in [-0.4, -0.2) is 37.1 Å². The molecule has 90 valence electrons. The van der Waals surface area contributed by atoms with Crippen LogP contribution in [0.3, 0.4) is 0 Å². The molecule has 0 N–H and O–H groups in total. The van der Waals surface area contributed by atoms with Gasteiger partial charge in [-0.25, -0.2) is 17.7 Å². The van der Waals surface area contributed by atoms with Crippen molar-refractivity contribution in [3.63, 3.8) is 0 Å². The fourth-order valence-electron chi connectivity index (χ4n) is 2.01. The van der Waals surface area contributed by atoms with Gasteiger partial charge in [-0.1, -0.05) is 0 Å². The molecule has 16 heavy (non-hydrogen) atoms. The van der Waals surface area contributed by atoms with Crippen LogP contribution < -0.4 is 0 Å². The molecule has 1 aliphatic heterocycles. The molecule has 2 heterocycles. The number of thiazole rings is 1. The van der Waals surface area contributed by atoms with Gasteiger partial charge in [0.1, 0.15) is 0 Å². The lowest BCUT2D eigenvalue weighted by Gasteiger charge is -2.29. The minimum Gasteiger partial charge on any atom is -0.249 e. The fourth-order valence-corrected chi connectivity index (χ4v) is 3.82. The lowest BCUT2D eigenvalue weighted by molar-refractivity contribution is 0.317. The van der Waals surface area contributed by atoms with Crippen LogP contribution >= 0.6 is 11.3 Å². The molecule has 0 bridgehead atoms. The predicted molar refractivity (Wildman–Crippen MR) is 65.2 cm³/mol. The van der Waals surface area contributed by atoms with E-state index >= 15 is 0 Å². The molecule has 0 amide bonds. The summed E-state index contributed by atoms with van der Waals surface area (Å²) < 4.78 is 24.5.